The molecule has 0 N–H and O–H groups in total. The van der Waals surface area contributed by atoms with Gasteiger partial charge in [-0.3, -0.25) is 4.31 Å². The largest absolute Gasteiger partial charge is 0.463 e. The Morgan fingerprint density at radius 3 is 2.71 bits per heavy atom. The molecule has 2 rings (SSSR count). The monoisotopic (exact) mass is 346 g/mol. The Hall–Kier alpha value is -2.10. The summed E-state index contributed by atoms with van der Waals surface area (Å²) in [6.45, 7) is 2.58. The summed E-state index contributed by atoms with van der Waals surface area (Å²) in [5, 5.41) is 0. The van der Waals surface area contributed by atoms with Crippen molar-refractivity contribution in [2.75, 3.05) is 20.2 Å². The predicted octanol–water partition coefficient (Wildman–Crippen LogP) is 2.41. The van der Waals surface area contributed by atoms with Crippen LogP contribution in [-0.2, 0) is 20.7 Å². The van der Waals surface area contributed by atoms with Crippen LogP contribution in [0.4, 0.5) is 0 Å². The van der Waals surface area contributed by atoms with Crippen molar-refractivity contribution >= 4 is 17.1 Å². The molecule has 2 atom stereocenters. The smallest absolute Gasteiger partial charge is 0.337 e. The Labute approximate surface area is 146 Å². The molecule has 0 saturated carbocycles. The number of rotatable bonds is 6. The summed E-state index contributed by atoms with van der Waals surface area (Å²) in [7, 11) is 1.74. The van der Waals surface area contributed by atoms with E-state index in [2.05, 4.69) is 5.92 Å². The van der Waals surface area contributed by atoms with Gasteiger partial charge in [0.15, 0.2) is 11.2 Å². The van der Waals surface area contributed by atoms with Gasteiger partial charge in [0.05, 0.1) is 18.2 Å². The quantitative estimate of drug-likeness (QED) is 0.451. The van der Waals surface area contributed by atoms with Crippen LogP contribution in [0.15, 0.2) is 42.1 Å². The first-order valence-electron chi connectivity index (χ1n) is 7.88. The maximum Gasteiger partial charge on any atom is 0.337 e. The second-order valence-electron chi connectivity index (χ2n) is 5.34. The molecule has 0 fully saturated rings. The fourth-order valence-electron chi connectivity index (χ4n) is 2.61. The highest BCUT2D eigenvalue weighted by Crippen LogP contribution is 2.34. The maximum absolute atomic E-state index is 12.7. The molecule has 5 nitrogen and oxygen atoms in total. The van der Waals surface area contributed by atoms with Gasteiger partial charge in [-0.1, -0.05) is 30.3 Å². The number of carbonyl (C=O) groups is 1. The number of likely N-dealkylation sites (N-methyl/N-ethyl adjacent to an activating group) is 1. The molecule has 128 valence electrons. The molecule has 0 aliphatic carbocycles. The van der Waals surface area contributed by atoms with E-state index in [4.69, 9.17) is 11.2 Å². The van der Waals surface area contributed by atoms with Crippen molar-refractivity contribution in [1.82, 2.24) is 8.61 Å². The summed E-state index contributed by atoms with van der Waals surface area (Å²) in [5.41, 5.74) is 1.38. The Bertz CT molecular complexity index is 667. The molecular weight excluding hydrogens is 324 g/mol. The van der Waals surface area contributed by atoms with Gasteiger partial charge in [0.25, 0.3) is 0 Å². The summed E-state index contributed by atoms with van der Waals surface area (Å²) in [6.07, 6.45) is 8.24. The molecule has 1 heterocycles. The molecule has 2 unspecified atom stereocenters. The van der Waals surface area contributed by atoms with E-state index in [-0.39, 0.29) is 0 Å². The Morgan fingerprint density at radius 1 is 1.38 bits per heavy atom. The van der Waals surface area contributed by atoms with Crippen LogP contribution < -0.4 is 0 Å². The van der Waals surface area contributed by atoms with E-state index in [1.54, 1.807) is 28.8 Å². The third kappa shape index (κ3) is 4.05. The van der Waals surface area contributed by atoms with Gasteiger partial charge in [0.1, 0.15) is 0 Å². The Balaban J connectivity index is 2.38. The lowest BCUT2D eigenvalue weighted by atomic mass is 9.99. The molecule has 0 aromatic heterocycles. The molecule has 1 aromatic rings. The van der Waals surface area contributed by atoms with Crippen LogP contribution in [0.3, 0.4) is 0 Å². The van der Waals surface area contributed by atoms with Crippen LogP contribution in [0.2, 0.25) is 0 Å². The number of benzene rings is 1. The second kappa shape index (κ2) is 8.67. The first kappa shape index (κ1) is 18.2. The minimum atomic E-state index is -1.38. The standard InChI is InChI=1S/C18H22N2O3S/c1-4-6-10-13-20-14-16(18(21)23-5-2)17(19(3)24(20)22)15-11-8-7-9-12-15/h1,7-9,11-12,14,17H,5-6,10,13H2,2-3H3. The zero-order valence-electron chi connectivity index (χ0n) is 14.0. The van der Waals surface area contributed by atoms with Crippen molar-refractivity contribution in [3.8, 4) is 12.3 Å². The molecule has 6 heteroatoms. The van der Waals surface area contributed by atoms with Crippen molar-refractivity contribution in [3.05, 3.63) is 47.7 Å². The average molecular weight is 346 g/mol. The van der Waals surface area contributed by atoms with Gasteiger partial charge in [-0.2, -0.15) is 4.31 Å². The van der Waals surface area contributed by atoms with E-state index in [1.807, 2.05) is 30.3 Å². The van der Waals surface area contributed by atoms with Crippen LogP contribution in [0, 0.1) is 12.3 Å². The van der Waals surface area contributed by atoms with Crippen LogP contribution in [0.1, 0.15) is 31.4 Å². The SMILES string of the molecule is C#CCCCN1C=C(C(=O)OCC)C(c2ccccc2)N(C)S1=O. The summed E-state index contributed by atoms with van der Waals surface area (Å²) in [6, 6.07) is 9.12. The molecule has 1 aromatic carbocycles. The van der Waals surface area contributed by atoms with Crippen molar-refractivity contribution in [3.63, 3.8) is 0 Å². The van der Waals surface area contributed by atoms with E-state index >= 15 is 0 Å². The molecular formula is C18H22N2O3S. The second-order valence-corrected chi connectivity index (χ2v) is 6.85. The number of unbranched alkanes of at least 4 members (excludes halogenated alkanes) is 1. The number of hydrogen-bond donors (Lipinski definition) is 0. The van der Waals surface area contributed by atoms with E-state index in [9.17, 15) is 9.00 Å². The molecule has 24 heavy (non-hydrogen) atoms. The van der Waals surface area contributed by atoms with Crippen LogP contribution in [0.25, 0.3) is 0 Å². The van der Waals surface area contributed by atoms with Gasteiger partial charge in [-0.15, -0.1) is 12.3 Å². The predicted molar refractivity (Wildman–Crippen MR) is 94.6 cm³/mol. The number of nitrogens with zero attached hydrogens (tertiary/aromatic N) is 2. The third-order valence-corrected chi connectivity index (χ3v) is 5.11. The highest BCUT2D eigenvalue weighted by Gasteiger charge is 2.36. The zero-order valence-corrected chi connectivity index (χ0v) is 14.8. The average Bonchev–Trinajstić information content (AvgIpc) is 2.59. The zero-order chi connectivity index (χ0) is 17.5. The van der Waals surface area contributed by atoms with Crippen molar-refractivity contribution < 1.29 is 13.7 Å². The van der Waals surface area contributed by atoms with E-state index in [0.717, 1.165) is 5.56 Å². The molecule has 0 spiro atoms. The summed E-state index contributed by atoms with van der Waals surface area (Å²) in [4.78, 5) is 12.4. The highest BCUT2D eigenvalue weighted by molar-refractivity contribution is 7.80. The first-order valence-corrected chi connectivity index (χ1v) is 8.95. The van der Waals surface area contributed by atoms with Gasteiger partial charge in [0.2, 0.25) is 0 Å². The van der Waals surface area contributed by atoms with Gasteiger partial charge in [-0.05, 0) is 18.9 Å². The Kier molecular flexibility index (Phi) is 6.59. The number of carbonyl (C=O) groups excluding carboxylic acids is 1. The summed E-state index contributed by atoms with van der Waals surface area (Å²) < 4.78 is 21.3. The molecule has 0 amide bonds. The van der Waals surface area contributed by atoms with Crippen molar-refractivity contribution in [2.45, 2.75) is 25.8 Å². The van der Waals surface area contributed by atoms with Gasteiger partial charge in [0, 0.05) is 26.2 Å². The van der Waals surface area contributed by atoms with Gasteiger partial charge < -0.3 is 4.74 Å². The minimum Gasteiger partial charge on any atom is -0.463 e. The fraction of sp³-hybridized carbons (Fsp3) is 0.389. The number of terminal acetylenes is 1. The van der Waals surface area contributed by atoms with E-state index in [0.29, 0.717) is 31.6 Å². The number of hydrogen-bond acceptors (Lipinski definition) is 3. The van der Waals surface area contributed by atoms with Crippen molar-refractivity contribution in [2.24, 2.45) is 0 Å². The lowest BCUT2D eigenvalue weighted by Crippen LogP contribution is -2.43. The maximum atomic E-state index is 12.7. The number of esters is 1. The summed E-state index contributed by atoms with van der Waals surface area (Å²) >= 11 is -1.38. The van der Waals surface area contributed by atoms with Gasteiger partial charge >= 0.3 is 5.97 Å². The molecule has 0 bridgehead atoms. The molecule has 1 aliphatic rings. The summed E-state index contributed by atoms with van der Waals surface area (Å²) in [5.74, 6) is 2.18. The van der Waals surface area contributed by atoms with Crippen molar-refractivity contribution in [1.29, 1.82) is 0 Å². The lowest BCUT2D eigenvalue weighted by Gasteiger charge is -2.37. The van der Waals surface area contributed by atoms with Crippen LogP contribution in [0.5, 0.6) is 0 Å². The van der Waals surface area contributed by atoms with Crippen LogP contribution in [-0.4, -0.2) is 39.0 Å². The molecule has 1 aliphatic heterocycles. The van der Waals surface area contributed by atoms with E-state index < -0.39 is 23.2 Å². The fourth-order valence-corrected chi connectivity index (χ4v) is 3.84. The van der Waals surface area contributed by atoms with Gasteiger partial charge in [-0.25, -0.2) is 9.00 Å². The molecule has 0 saturated heterocycles. The highest BCUT2D eigenvalue weighted by atomic mass is 32.2. The number of ether oxygens (including phenoxy) is 1. The molecule has 0 radical (unpaired) electrons. The minimum absolute atomic E-state index is 0.293. The lowest BCUT2D eigenvalue weighted by molar-refractivity contribution is -0.139. The third-order valence-electron chi connectivity index (χ3n) is 3.71. The normalized spacial score (nSPS) is 21.0. The van der Waals surface area contributed by atoms with Crippen LogP contribution >= 0.6 is 0 Å². The topological polar surface area (TPSA) is 49.9 Å². The van der Waals surface area contributed by atoms with E-state index in [1.165, 1.54) is 0 Å². The Morgan fingerprint density at radius 2 is 2.08 bits per heavy atom. The first-order chi connectivity index (χ1) is 11.6.